The summed E-state index contributed by atoms with van der Waals surface area (Å²) < 4.78 is 7.89. The van der Waals surface area contributed by atoms with Gasteiger partial charge in [0.05, 0.1) is 19.7 Å². The molecule has 0 fully saturated rings. The van der Waals surface area contributed by atoms with E-state index in [1.165, 1.54) is 5.69 Å². The maximum Gasteiger partial charge on any atom is 0.234 e. The number of benzene rings is 1. The number of hydrogen-bond acceptors (Lipinski definition) is 4. The second-order valence-corrected chi connectivity index (χ2v) is 7.12. The van der Waals surface area contributed by atoms with E-state index in [2.05, 4.69) is 57.9 Å². The second kappa shape index (κ2) is 9.75. The first kappa shape index (κ1) is 20.4. The smallest absolute Gasteiger partial charge is 0.234 e. The van der Waals surface area contributed by atoms with Crippen molar-refractivity contribution < 1.29 is 9.53 Å². The quantitative estimate of drug-likeness (QED) is 0.721. The first-order valence-corrected chi connectivity index (χ1v) is 10.2. The van der Waals surface area contributed by atoms with Crippen molar-refractivity contribution in [2.45, 2.75) is 26.4 Å². The average Bonchev–Trinajstić information content (AvgIpc) is 3.20. The van der Waals surface area contributed by atoms with Crippen LogP contribution in [0.3, 0.4) is 0 Å². The second-order valence-electron chi connectivity index (χ2n) is 7.12. The van der Waals surface area contributed by atoms with Crippen LogP contribution in [0.25, 0.3) is 0 Å². The Bertz CT molecular complexity index is 769. The van der Waals surface area contributed by atoms with Crippen LogP contribution in [-0.2, 0) is 11.3 Å². The van der Waals surface area contributed by atoms with Gasteiger partial charge in [-0.05, 0) is 31.3 Å². The Labute approximate surface area is 168 Å². The Morgan fingerprint density at radius 2 is 1.96 bits per heavy atom. The summed E-state index contributed by atoms with van der Waals surface area (Å²) in [5.74, 6) is 0.932. The fraction of sp³-hybridized carbons (Fsp3) is 0.500. The highest BCUT2D eigenvalue weighted by Crippen LogP contribution is 2.36. The largest absolute Gasteiger partial charge is 0.496 e. The molecule has 1 aliphatic heterocycles. The van der Waals surface area contributed by atoms with Crippen LogP contribution in [0.1, 0.15) is 31.1 Å². The molecule has 2 aromatic rings. The lowest BCUT2D eigenvalue weighted by molar-refractivity contribution is -0.122. The lowest BCUT2D eigenvalue weighted by Crippen LogP contribution is -2.45. The van der Waals surface area contributed by atoms with Gasteiger partial charge in [0, 0.05) is 43.6 Å². The molecule has 28 heavy (non-hydrogen) atoms. The van der Waals surface area contributed by atoms with Crippen molar-refractivity contribution in [3.05, 3.63) is 53.9 Å². The van der Waals surface area contributed by atoms with Gasteiger partial charge in [-0.25, -0.2) is 0 Å². The number of fused-ring (bicyclic) bond motifs is 1. The summed E-state index contributed by atoms with van der Waals surface area (Å²) in [7, 11) is 1.70. The summed E-state index contributed by atoms with van der Waals surface area (Å²) in [4.78, 5) is 17.2. The Balaban J connectivity index is 1.73. The molecule has 152 valence electrons. The highest BCUT2D eigenvalue weighted by Gasteiger charge is 2.31. The number of aromatic nitrogens is 1. The van der Waals surface area contributed by atoms with E-state index in [0.29, 0.717) is 13.1 Å². The number of methoxy groups -OCH3 is 1. The van der Waals surface area contributed by atoms with Crippen LogP contribution in [0, 0.1) is 0 Å². The van der Waals surface area contributed by atoms with Crippen molar-refractivity contribution in [1.29, 1.82) is 0 Å². The third-order valence-electron chi connectivity index (χ3n) is 5.56. The van der Waals surface area contributed by atoms with Gasteiger partial charge in [0.15, 0.2) is 0 Å². The van der Waals surface area contributed by atoms with Gasteiger partial charge in [0.2, 0.25) is 5.91 Å². The number of amides is 1. The SMILES string of the molecule is CCN(CC)CCNC(=O)CN1CCn2cccc2C1c1ccccc1OC. The molecule has 0 spiro atoms. The molecule has 0 saturated heterocycles. The number of rotatable bonds is 9. The fourth-order valence-electron chi connectivity index (χ4n) is 3.98. The van der Waals surface area contributed by atoms with E-state index in [0.717, 1.165) is 44.0 Å². The third kappa shape index (κ3) is 4.56. The van der Waals surface area contributed by atoms with Crippen LogP contribution in [0.4, 0.5) is 0 Å². The van der Waals surface area contributed by atoms with E-state index in [1.807, 2.05) is 18.2 Å². The molecule has 0 saturated carbocycles. The Kier molecular flexibility index (Phi) is 7.12. The topological polar surface area (TPSA) is 49.7 Å². The normalized spacial score (nSPS) is 16.8. The van der Waals surface area contributed by atoms with Gasteiger partial charge >= 0.3 is 0 Å². The molecular formula is C22H32N4O2. The molecular weight excluding hydrogens is 352 g/mol. The molecule has 3 rings (SSSR count). The van der Waals surface area contributed by atoms with Crippen LogP contribution < -0.4 is 10.1 Å². The van der Waals surface area contributed by atoms with Crippen LogP contribution in [-0.4, -0.2) is 66.7 Å². The molecule has 1 aromatic carbocycles. The van der Waals surface area contributed by atoms with Gasteiger partial charge in [-0.2, -0.15) is 0 Å². The predicted molar refractivity (Wildman–Crippen MR) is 112 cm³/mol. The Morgan fingerprint density at radius 1 is 1.18 bits per heavy atom. The van der Waals surface area contributed by atoms with E-state index in [9.17, 15) is 4.79 Å². The van der Waals surface area contributed by atoms with Crippen LogP contribution in [0.2, 0.25) is 0 Å². The van der Waals surface area contributed by atoms with E-state index >= 15 is 0 Å². The summed E-state index contributed by atoms with van der Waals surface area (Å²) in [5, 5.41) is 3.09. The summed E-state index contributed by atoms with van der Waals surface area (Å²) in [6.45, 7) is 9.97. The maximum absolute atomic E-state index is 12.6. The highest BCUT2D eigenvalue weighted by molar-refractivity contribution is 5.78. The molecule has 1 N–H and O–H groups in total. The van der Waals surface area contributed by atoms with Gasteiger partial charge in [-0.1, -0.05) is 32.0 Å². The highest BCUT2D eigenvalue weighted by atomic mass is 16.5. The minimum atomic E-state index is 0.00781. The zero-order valence-corrected chi connectivity index (χ0v) is 17.2. The number of ether oxygens (including phenoxy) is 1. The van der Waals surface area contributed by atoms with E-state index in [-0.39, 0.29) is 11.9 Å². The Hall–Kier alpha value is -2.31. The van der Waals surface area contributed by atoms with Gasteiger partial charge in [-0.15, -0.1) is 0 Å². The summed E-state index contributed by atoms with van der Waals surface area (Å²) in [6.07, 6.45) is 2.11. The molecule has 2 heterocycles. The van der Waals surface area contributed by atoms with Crippen LogP contribution in [0.15, 0.2) is 42.6 Å². The summed E-state index contributed by atoms with van der Waals surface area (Å²) in [6, 6.07) is 12.3. The molecule has 1 atom stereocenters. The van der Waals surface area contributed by atoms with Crippen molar-refractivity contribution >= 4 is 5.91 Å². The molecule has 1 unspecified atom stereocenters. The number of hydrogen-bond donors (Lipinski definition) is 1. The van der Waals surface area contributed by atoms with Crippen molar-refractivity contribution in [2.24, 2.45) is 0 Å². The molecule has 0 bridgehead atoms. The van der Waals surface area contributed by atoms with E-state index in [4.69, 9.17) is 4.74 Å². The minimum Gasteiger partial charge on any atom is -0.496 e. The zero-order valence-electron chi connectivity index (χ0n) is 17.2. The number of para-hydroxylation sites is 1. The predicted octanol–water partition coefficient (Wildman–Crippen LogP) is 2.36. The first-order chi connectivity index (χ1) is 13.7. The van der Waals surface area contributed by atoms with Crippen molar-refractivity contribution in [2.75, 3.05) is 46.4 Å². The Morgan fingerprint density at radius 3 is 2.71 bits per heavy atom. The molecule has 6 heteroatoms. The van der Waals surface area contributed by atoms with Crippen molar-refractivity contribution in [3.63, 3.8) is 0 Å². The lowest BCUT2D eigenvalue weighted by Gasteiger charge is -2.37. The lowest BCUT2D eigenvalue weighted by atomic mass is 9.99. The number of likely N-dealkylation sites (N-methyl/N-ethyl adjacent to an activating group) is 1. The number of nitrogens with one attached hydrogen (secondary N) is 1. The summed E-state index contributed by atoms with van der Waals surface area (Å²) in [5.41, 5.74) is 2.30. The monoisotopic (exact) mass is 384 g/mol. The average molecular weight is 385 g/mol. The number of carbonyl (C=O) groups is 1. The van der Waals surface area contributed by atoms with Gasteiger partial charge < -0.3 is 19.5 Å². The zero-order chi connectivity index (χ0) is 19.9. The molecule has 0 aliphatic carbocycles. The first-order valence-electron chi connectivity index (χ1n) is 10.2. The molecule has 1 aromatic heterocycles. The van der Waals surface area contributed by atoms with Gasteiger partial charge in [0.1, 0.15) is 5.75 Å². The molecule has 1 aliphatic rings. The maximum atomic E-state index is 12.6. The number of nitrogens with zero attached hydrogens (tertiary/aromatic N) is 3. The van der Waals surface area contributed by atoms with Crippen molar-refractivity contribution in [3.8, 4) is 5.75 Å². The van der Waals surface area contributed by atoms with E-state index in [1.54, 1.807) is 7.11 Å². The van der Waals surface area contributed by atoms with Gasteiger partial charge in [0.25, 0.3) is 0 Å². The van der Waals surface area contributed by atoms with Crippen LogP contribution >= 0.6 is 0 Å². The minimum absolute atomic E-state index is 0.00781. The van der Waals surface area contributed by atoms with Crippen molar-refractivity contribution in [1.82, 2.24) is 19.7 Å². The van der Waals surface area contributed by atoms with Crippen LogP contribution in [0.5, 0.6) is 5.75 Å². The van der Waals surface area contributed by atoms with Gasteiger partial charge in [-0.3, -0.25) is 9.69 Å². The van der Waals surface area contributed by atoms with E-state index < -0.39 is 0 Å². The summed E-state index contributed by atoms with van der Waals surface area (Å²) >= 11 is 0. The molecule has 1 amide bonds. The molecule has 6 nitrogen and oxygen atoms in total. The standard InChI is InChI=1S/C22H32N4O2/c1-4-24(5-2)14-12-23-21(27)17-26-16-15-25-13-8-10-19(25)22(26)18-9-6-7-11-20(18)28-3/h6-11,13,22H,4-5,12,14-17H2,1-3H3,(H,23,27). The molecule has 0 radical (unpaired) electrons. The number of carbonyl (C=O) groups excluding carboxylic acids is 1. The third-order valence-corrected chi connectivity index (χ3v) is 5.56. The fourth-order valence-corrected chi connectivity index (χ4v) is 3.98.